The number of hydrogen-bond donors (Lipinski definition) is 4. The van der Waals surface area contributed by atoms with Crippen molar-refractivity contribution in [3.05, 3.63) is 44.7 Å². The molecule has 8 heteroatoms. The van der Waals surface area contributed by atoms with Crippen LogP contribution in [0.5, 0.6) is 0 Å². The summed E-state index contributed by atoms with van der Waals surface area (Å²) in [6.07, 6.45) is -3.58. The van der Waals surface area contributed by atoms with Gasteiger partial charge in [-0.1, -0.05) is 12.1 Å². The minimum absolute atomic E-state index is 0.0613. The van der Waals surface area contributed by atoms with Gasteiger partial charge in [0, 0.05) is 5.56 Å². The van der Waals surface area contributed by atoms with E-state index in [-0.39, 0.29) is 16.5 Å². The van der Waals surface area contributed by atoms with Crippen LogP contribution in [0.1, 0.15) is 11.7 Å². The number of nitrogens with two attached hydrogens (primary N) is 1. The van der Waals surface area contributed by atoms with Crippen molar-refractivity contribution in [2.24, 2.45) is 5.73 Å². The highest BCUT2D eigenvalue weighted by Gasteiger charge is 2.26. The van der Waals surface area contributed by atoms with Gasteiger partial charge in [0.2, 0.25) is 5.91 Å². The summed E-state index contributed by atoms with van der Waals surface area (Å²) in [5, 5.41) is 19.1. The molecular formula is C11H10N2O6. The predicted molar refractivity (Wildman–Crippen MR) is 63.3 cm³/mol. The standard InChI is InChI=1S/C11H10N2O6/c12-9(16)8(15)7(14)4-2-1-3-5-6(4)10(17)19-11(18)13-5/h1-3,7-8,14-15H,(H2,12,16)(H,13,18). The lowest BCUT2D eigenvalue weighted by atomic mass is 10.00. The van der Waals surface area contributed by atoms with Gasteiger partial charge in [-0.15, -0.1) is 0 Å². The van der Waals surface area contributed by atoms with E-state index in [9.17, 15) is 24.6 Å². The summed E-state index contributed by atoms with van der Waals surface area (Å²) >= 11 is 0. The molecule has 2 atom stereocenters. The number of rotatable bonds is 3. The molecule has 5 N–H and O–H groups in total. The van der Waals surface area contributed by atoms with Gasteiger partial charge in [0.25, 0.3) is 0 Å². The maximum atomic E-state index is 11.6. The average molecular weight is 266 g/mol. The van der Waals surface area contributed by atoms with Crippen LogP contribution in [-0.4, -0.2) is 27.2 Å². The first kappa shape index (κ1) is 13.0. The molecular weight excluding hydrogens is 256 g/mol. The Hall–Kier alpha value is -2.45. The van der Waals surface area contributed by atoms with Gasteiger partial charge in [-0.3, -0.25) is 9.78 Å². The van der Waals surface area contributed by atoms with E-state index >= 15 is 0 Å². The van der Waals surface area contributed by atoms with Gasteiger partial charge < -0.3 is 20.4 Å². The number of carbonyl (C=O) groups excluding carboxylic acids is 1. The van der Waals surface area contributed by atoms with Gasteiger partial charge in [0.05, 0.1) is 10.9 Å². The summed E-state index contributed by atoms with van der Waals surface area (Å²) in [5.41, 5.74) is 3.95. The quantitative estimate of drug-likeness (QED) is 0.524. The maximum Gasteiger partial charge on any atom is 0.419 e. The molecule has 1 aromatic heterocycles. The Morgan fingerprint density at radius 3 is 2.63 bits per heavy atom. The number of aromatic amines is 1. The molecule has 2 unspecified atom stereocenters. The topological polar surface area (TPSA) is 147 Å². The van der Waals surface area contributed by atoms with Crippen LogP contribution in [0.4, 0.5) is 0 Å². The van der Waals surface area contributed by atoms with E-state index in [2.05, 4.69) is 9.40 Å². The lowest BCUT2D eigenvalue weighted by Crippen LogP contribution is -2.34. The number of benzene rings is 1. The van der Waals surface area contributed by atoms with Gasteiger partial charge in [0.15, 0.2) is 6.10 Å². The summed E-state index contributed by atoms with van der Waals surface area (Å²) in [5.74, 6) is -2.09. The number of H-pyrrole nitrogens is 1. The van der Waals surface area contributed by atoms with Crippen LogP contribution in [-0.2, 0) is 4.79 Å². The SMILES string of the molecule is NC(=O)C(O)C(O)c1cccc2[nH]c(=O)oc(=O)c12. The van der Waals surface area contributed by atoms with Crippen molar-refractivity contribution in [1.82, 2.24) is 4.98 Å². The molecule has 0 saturated carbocycles. The molecule has 0 fully saturated rings. The normalized spacial score (nSPS) is 14.2. The monoisotopic (exact) mass is 266 g/mol. The van der Waals surface area contributed by atoms with Crippen molar-refractivity contribution in [2.45, 2.75) is 12.2 Å². The van der Waals surface area contributed by atoms with E-state index in [0.29, 0.717) is 0 Å². The number of aromatic nitrogens is 1. The van der Waals surface area contributed by atoms with Crippen molar-refractivity contribution >= 4 is 16.8 Å². The van der Waals surface area contributed by atoms with Crippen LogP contribution in [0.2, 0.25) is 0 Å². The van der Waals surface area contributed by atoms with Crippen LogP contribution < -0.4 is 17.1 Å². The smallest absolute Gasteiger partial charge is 0.385 e. The third-order valence-corrected chi connectivity index (χ3v) is 2.63. The highest BCUT2D eigenvalue weighted by atomic mass is 16.4. The molecule has 1 aromatic carbocycles. The van der Waals surface area contributed by atoms with Gasteiger partial charge in [0.1, 0.15) is 6.10 Å². The van der Waals surface area contributed by atoms with Crippen molar-refractivity contribution in [1.29, 1.82) is 0 Å². The molecule has 2 rings (SSSR count). The van der Waals surface area contributed by atoms with Crippen LogP contribution in [0.3, 0.4) is 0 Å². The van der Waals surface area contributed by atoms with E-state index in [0.717, 1.165) is 0 Å². The van der Waals surface area contributed by atoms with Crippen molar-refractivity contribution < 1.29 is 19.4 Å². The van der Waals surface area contributed by atoms with Gasteiger partial charge in [-0.2, -0.15) is 0 Å². The Bertz CT molecular complexity index is 747. The lowest BCUT2D eigenvalue weighted by molar-refractivity contribution is -0.131. The first-order chi connectivity index (χ1) is 8.91. The maximum absolute atomic E-state index is 11.6. The molecule has 0 radical (unpaired) electrons. The molecule has 1 heterocycles. The van der Waals surface area contributed by atoms with Gasteiger partial charge in [-0.25, -0.2) is 9.59 Å². The second-order valence-electron chi connectivity index (χ2n) is 3.86. The molecule has 1 amide bonds. The lowest BCUT2D eigenvalue weighted by Gasteiger charge is -2.16. The zero-order valence-electron chi connectivity index (χ0n) is 9.49. The van der Waals surface area contributed by atoms with E-state index in [4.69, 9.17) is 5.73 Å². The molecule has 0 aliphatic carbocycles. The Balaban J connectivity index is 2.71. The Kier molecular flexibility index (Phi) is 3.19. The number of carbonyl (C=O) groups is 1. The number of aliphatic hydroxyl groups is 2. The molecule has 100 valence electrons. The first-order valence-electron chi connectivity index (χ1n) is 5.23. The number of aliphatic hydroxyl groups excluding tert-OH is 2. The summed E-state index contributed by atoms with van der Waals surface area (Å²) in [6.45, 7) is 0. The zero-order chi connectivity index (χ0) is 14.2. The Morgan fingerprint density at radius 1 is 1.32 bits per heavy atom. The van der Waals surface area contributed by atoms with Gasteiger partial charge in [-0.05, 0) is 6.07 Å². The number of amides is 1. The average Bonchev–Trinajstić information content (AvgIpc) is 2.35. The van der Waals surface area contributed by atoms with E-state index in [1.54, 1.807) is 0 Å². The molecule has 8 nitrogen and oxygen atoms in total. The number of fused-ring (bicyclic) bond motifs is 1. The third-order valence-electron chi connectivity index (χ3n) is 2.63. The third kappa shape index (κ3) is 2.26. The molecule has 2 aromatic rings. The number of primary amides is 1. The second kappa shape index (κ2) is 4.67. The fraction of sp³-hybridized carbons (Fsp3) is 0.182. The molecule has 0 saturated heterocycles. The summed E-state index contributed by atoms with van der Waals surface area (Å²) in [4.78, 5) is 35.7. The molecule has 0 aliphatic heterocycles. The van der Waals surface area contributed by atoms with Crippen LogP contribution in [0, 0.1) is 0 Å². The highest BCUT2D eigenvalue weighted by Crippen LogP contribution is 2.22. The summed E-state index contributed by atoms with van der Waals surface area (Å²) in [6, 6.07) is 4.17. The minimum Gasteiger partial charge on any atom is -0.385 e. The largest absolute Gasteiger partial charge is 0.419 e. The van der Waals surface area contributed by atoms with Crippen LogP contribution in [0.25, 0.3) is 10.9 Å². The summed E-state index contributed by atoms with van der Waals surface area (Å²) < 4.78 is 4.35. The van der Waals surface area contributed by atoms with E-state index < -0.39 is 29.5 Å². The van der Waals surface area contributed by atoms with E-state index in [1.165, 1.54) is 18.2 Å². The number of hydrogen-bond acceptors (Lipinski definition) is 6. The van der Waals surface area contributed by atoms with Crippen LogP contribution in [0.15, 0.2) is 32.2 Å². The predicted octanol–water partition coefficient (Wildman–Crippen LogP) is -1.64. The van der Waals surface area contributed by atoms with Crippen molar-refractivity contribution in [2.75, 3.05) is 0 Å². The van der Waals surface area contributed by atoms with Crippen molar-refractivity contribution in [3.8, 4) is 0 Å². The first-order valence-corrected chi connectivity index (χ1v) is 5.23. The minimum atomic E-state index is -1.88. The molecule has 0 bridgehead atoms. The Morgan fingerprint density at radius 2 is 2.00 bits per heavy atom. The molecule has 19 heavy (non-hydrogen) atoms. The second-order valence-corrected chi connectivity index (χ2v) is 3.86. The zero-order valence-corrected chi connectivity index (χ0v) is 9.49. The van der Waals surface area contributed by atoms with Gasteiger partial charge >= 0.3 is 11.4 Å². The summed E-state index contributed by atoms with van der Waals surface area (Å²) in [7, 11) is 0. The fourth-order valence-corrected chi connectivity index (χ4v) is 1.74. The fourth-order valence-electron chi connectivity index (χ4n) is 1.74. The van der Waals surface area contributed by atoms with E-state index in [1.807, 2.05) is 0 Å². The molecule has 0 aliphatic rings. The molecule has 0 spiro atoms. The highest BCUT2D eigenvalue weighted by molar-refractivity contribution is 5.84. The number of nitrogens with one attached hydrogen (secondary N) is 1. The van der Waals surface area contributed by atoms with Crippen molar-refractivity contribution in [3.63, 3.8) is 0 Å². The Labute approximate surface area is 105 Å². The van der Waals surface area contributed by atoms with Crippen LogP contribution >= 0.6 is 0 Å².